The minimum Gasteiger partial charge on any atom is -0.507 e. The van der Waals surface area contributed by atoms with Gasteiger partial charge >= 0.3 is 0 Å². The molecule has 0 saturated carbocycles. The Bertz CT molecular complexity index is 422. The fourth-order valence-corrected chi connectivity index (χ4v) is 0.880. The number of benzene rings is 1. The van der Waals surface area contributed by atoms with Gasteiger partial charge in [-0.25, -0.2) is 0 Å². The first-order valence-corrected chi connectivity index (χ1v) is 3.57. The van der Waals surface area contributed by atoms with Crippen LogP contribution in [0.4, 0.5) is 0 Å². The SMILES string of the molecule is N#CC=Cc1ccc(C#N)c(O)c1. The number of phenolic OH excluding ortho intramolecular Hbond substituents is 1. The van der Waals surface area contributed by atoms with E-state index in [2.05, 4.69) is 0 Å². The molecule has 13 heavy (non-hydrogen) atoms. The summed E-state index contributed by atoms with van der Waals surface area (Å²) < 4.78 is 0. The average molecular weight is 170 g/mol. The van der Waals surface area contributed by atoms with Gasteiger partial charge in [-0.15, -0.1) is 0 Å². The highest BCUT2D eigenvalue weighted by Crippen LogP contribution is 2.18. The average Bonchev–Trinajstić information content (AvgIpc) is 2.15. The second kappa shape index (κ2) is 3.94. The molecule has 1 rings (SSSR count). The van der Waals surface area contributed by atoms with E-state index in [1.165, 1.54) is 18.2 Å². The number of nitrogens with zero attached hydrogens (tertiary/aromatic N) is 2. The molecule has 0 heterocycles. The van der Waals surface area contributed by atoms with Crippen LogP contribution in [0, 0.1) is 22.7 Å². The van der Waals surface area contributed by atoms with Crippen LogP contribution >= 0.6 is 0 Å². The lowest BCUT2D eigenvalue weighted by Gasteiger charge is -1.96. The van der Waals surface area contributed by atoms with E-state index in [0.29, 0.717) is 5.56 Å². The number of aromatic hydroxyl groups is 1. The fourth-order valence-electron chi connectivity index (χ4n) is 0.880. The highest BCUT2D eigenvalue weighted by molar-refractivity contribution is 5.57. The van der Waals surface area contributed by atoms with E-state index in [0.717, 1.165) is 0 Å². The van der Waals surface area contributed by atoms with Crippen LogP contribution in [0.2, 0.25) is 0 Å². The lowest BCUT2D eigenvalue weighted by molar-refractivity contribution is 0.473. The summed E-state index contributed by atoms with van der Waals surface area (Å²) in [5.74, 6) is -0.0670. The van der Waals surface area contributed by atoms with Crippen molar-refractivity contribution >= 4 is 6.08 Å². The summed E-state index contributed by atoms with van der Waals surface area (Å²) in [6.45, 7) is 0. The molecule has 0 spiro atoms. The molecule has 0 amide bonds. The van der Waals surface area contributed by atoms with Crippen molar-refractivity contribution in [2.75, 3.05) is 0 Å². The largest absolute Gasteiger partial charge is 0.507 e. The van der Waals surface area contributed by atoms with Gasteiger partial charge < -0.3 is 5.11 Å². The summed E-state index contributed by atoms with van der Waals surface area (Å²) in [6, 6.07) is 8.28. The molecule has 0 aromatic heterocycles. The number of nitriles is 2. The Morgan fingerprint density at radius 3 is 2.62 bits per heavy atom. The van der Waals surface area contributed by atoms with Crippen molar-refractivity contribution in [1.82, 2.24) is 0 Å². The maximum absolute atomic E-state index is 9.25. The van der Waals surface area contributed by atoms with Crippen molar-refractivity contribution < 1.29 is 5.11 Å². The van der Waals surface area contributed by atoms with Gasteiger partial charge in [0.2, 0.25) is 0 Å². The second-order valence-corrected chi connectivity index (χ2v) is 2.35. The Hall–Kier alpha value is -2.26. The predicted molar refractivity (Wildman–Crippen MR) is 47.5 cm³/mol. The van der Waals surface area contributed by atoms with Crippen LogP contribution in [0.3, 0.4) is 0 Å². The molecule has 1 aromatic rings. The van der Waals surface area contributed by atoms with Gasteiger partial charge in [-0.2, -0.15) is 10.5 Å². The summed E-state index contributed by atoms with van der Waals surface area (Å²) in [7, 11) is 0. The first kappa shape index (κ1) is 8.83. The van der Waals surface area contributed by atoms with Crippen molar-refractivity contribution in [3.8, 4) is 17.9 Å². The standard InChI is InChI=1S/C10H6N2O/c11-5-1-2-8-3-4-9(7-12)10(13)6-8/h1-4,6,13H. The summed E-state index contributed by atoms with van der Waals surface area (Å²) in [5.41, 5.74) is 0.923. The Kier molecular flexibility index (Phi) is 2.68. The van der Waals surface area contributed by atoms with E-state index in [-0.39, 0.29) is 11.3 Å². The van der Waals surface area contributed by atoms with Crippen LogP contribution in [0.1, 0.15) is 11.1 Å². The monoisotopic (exact) mass is 170 g/mol. The lowest BCUT2D eigenvalue weighted by atomic mass is 10.1. The highest BCUT2D eigenvalue weighted by atomic mass is 16.3. The molecule has 0 aliphatic heterocycles. The van der Waals surface area contributed by atoms with Crippen molar-refractivity contribution in [2.45, 2.75) is 0 Å². The predicted octanol–water partition coefficient (Wildman–Crippen LogP) is 1.80. The maximum Gasteiger partial charge on any atom is 0.133 e. The number of phenols is 1. The van der Waals surface area contributed by atoms with Crippen LogP contribution in [-0.2, 0) is 0 Å². The molecular formula is C10H6N2O. The molecule has 1 N–H and O–H groups in total. The third-order valence-electron chi connectivity index (χ3n) is 1.49. The maximum atomic E-state index is 9.25. The molecule has 0 radical (unpaired) electrons. The second-order valence-electron chi connectivity index (χ2n) is 2.35. The van der Waals surface area contributed by atoms with Gasteiger partial charge in [-0.1, -0.05) is 6.07 Å². The molecule has 0 unspecified atom stereocenters. The van der Waals surface area contributed by atoms with Gasteiger partial charge in [-0.3, -0.25) is 0 Å². The number of hydrogen-bond acceptors (Lipinski definition) is 3. The van der Waals surface area contributed by atoms with E-state index < -0.39 is 0 Å². The van der Waals surface area contributed by atoms with Crippen LogP contribution in [0.25, 0.3) is 6.08 Å². The fraction of sp³-hybridized carbons (Fsp3) is 0. The van der Waals surface area contributed by atoms with Crippen LogP contribution in [0.15, 0.2) is 24.3 Å². The third-order valence-corrected chi connectivity index (χ3v) is 1.49. The van der Waals surface area contributed by atoms with Crippen molar-refractivity contribution in [3.05, 3.63) is 35.4 Å². The first-order valence-electron chi connectivity index (χ1n) is 3.57. The zero-order valence-electron chi connectivity index (χ0n) is 6.73. The van der Waals surface area contributed by atoms with Gasteiger partial charge in [0.15, 0.2) is 0 Å². The van der Waals surface area contributed by atoms with Crippen molar-refractivity contribution in [1.29, 1.82) is 10.5 Å². The minimum absolute atomic E-state index is 0.0670. The third kappa shape index (κ3) is 2.08. The van der Waals surface area contributed by atoms with E-state index in [4.69, 9.17) is 10.5 Å². The molecule has 0 fully saturated rings. The Labute approximate surface area is 75.8 Å². The van der Waals surface area contributed by atoms with E-state index >= 15 is 0 Å². The first-order chi connectivity index (χ1) is 6.27. The van der Waals surface area contributed by atoms with E-state index in [9.17, 15) is 5.11 Å². The minimum atomic E-state index is -0.0670. The molecule has 0 aliphatic carbocycles. The highest BCUT2D eigenvalue weighted by Gasteiger charge is 1.98. The quantitative estimate of drug-likeness (QED) is 0.653. The number of allylic oxidation sites excluding steroid dienone is 1. The number of rotatable bonds is 1. The Morgan fingerprint density at radius 1 is 1.31 bits per heavy atom. The molecule has 0 saturated heterocycles. The van der Waals surface area contributed by atoms with E-state index in [1.54, 1.807) is 12.1 Å². The summed E-state index contributed by atoms with van der Waals surface area (Å²) in [5, 5.41) is 26.0. The molecule has 62 valence electrons. The molecule has 0 atom stereocenters. The van der Waals surface area contributed by atoms with Gasteiger partial charge in [0.25, 0.3) is 0 Å². The van der Waals surface area contributed by atoms with Crippen LogP contribution < -0.4 is 0 Å². The van der Waals surface area contributed by atoms with Gasteiger partial charge in [0, 0.05) is 6.08 Å². The Morgan fingerprint density at radius 2 is 2.08 bits per heavy atom. The number of hydrogen-bond donors (Lipinski definition) is 1. The molecule has 3 heteroatoms. The van der Waals surface area contributed by atoms with Crippen LogP contribution in [0.5, 0.6) is 5.75 Å². The molecule has 1 aromatic carbocycles. The summed E-state index contributed by atoms with van der Waals surface area (Å²) >= 11 is 0. The van der Waals surface area contributed by atoms with Crippen LogP contribution in [-0.4, -0.2) is 5.11 Å². The zero-order chi connectivity index (χ0) is 9.68. The van der Waals surface area contributed by atoms with E-state index in [1.807, 2.05) is 12.1 Å². The lowest BCUT2D eigenvalue weighted by Crippen LogP contribution is -1.77. The zero-order valence-corrected chi connectivity index (χ0v) is 6.73. The normalized spacial score (nSPS) is 9.38. The van der Waals surface area contributed by atoms with Gasteiger partial charge in [-0.05, 0) is 23.8 Å². The smallest absolute Gasteiger partial charge is 0.133 e. The Balaban J connectivity index is 3.06. The molecular weight excluding hydrogens is 164 g/mol. The van der Waals surface area contributed by atoms with Gasteiger partial charge in [0.05, 0.1) is 11.6 Å². The summed E-state index contributed by atoms with van der Waals surface area (Å²) in [6.07, 6.45) is 2.86. The molecule has 0 bridgehead atoms. The topological polar surface area (TPSA) is 67.8 Å². The van der Waals surface area contributed by atoms with Gasteiger partial charge in [0.1, 0.15) is 11.8 Å². The summed E-state index contributed by atoms with van der Waals surface area (Å²) in [4.78, 5) is 0. The van der Waals surface area contributed by atoms with Crippen molar-refractivity contribution in [2.24, 2.45) is 0 Å². The molecule has 0 aliphatic rings. The molecule has 3 nitrogen and oxygen atoms in total. The van der Waals surface area contributed by atoms with Crippen molar-refractivity contribution in [3.63, 3.8) is 0 Å².